The first-order valence-electron chi connectivity index (χ1n) is 6.49. The standard InChI is InChI=1S/C12H16F3N5O/c1-16-10(21)7-4-3-5-20(7)9-6-8(12(13,14)15)18-11(17-2)19-9/h6-7H,3-5H2,1-2H3,(H,16,21)(H,17,18,19). The number of hydrogen-bond donors (Lipinski definition) is 2. The summed E-state index contributed by atoms with van der Waals surface area (Å²) in [7, 11) is 2.94. The average molecular weight is 303 g/mol. The highest BCUT2D eigenvalue weighted by Crippen LogP contribution is 2.32. The number of rotatable bonds is 3. The molecule has 2 N–H and O–H groups in total. The topological polar surface area (TPSA) is 70.2 Å². The van der Waals surface area contributed by atoms with E-state index in [4.69, 9.17) is 0 Å². The number of amides is 1. The molecule has 1 atom stereocenters. The van der Waals surface area contributed by atoms with Gasteiger partial charge in [0.2, 0.25) is 11.9 Å². The van der Waals surface area contributed by atoms with Gasteiger partial charge < -0.3 is 15.5 Å². The van der Waals surface area contributed by atoms with Crippen LogP contribution in [0.3, 0.4) is 0 Å². The van der Waals surface area contributed by atoms with Crippen LogP contribution < -0.4 is 15.5 Å². The van der Waals surface area contributed by atoms with Gasteiger partial charge in [0.05, 0.1) is 0 Å². The van der Waals surface area contributed by atoms with Gasteiger partial charge in [-0.25, -0.2) is 4.98 Å². The van der Waals surface area contributed by atoms with E-state index >= 15 is 0 Å². The van der Waals surface area contributed by atoms with E-state index < -0.39 is 17.9 Å². The Morgan fingerprint density at radius 2 is 2.10 bits per heavy atom. The number of alkyl halides is 3. The molecule has 0 bridgehead atoms. The Labute approximate surface area is 119 Å². The van der Waals surface area contributed by atoms with Crippen LogP contribution in [0.4, 0.5) is 24.9 Å². The molecule has 0 spiro atoms. The SMILES string of the molecule is CNC(=O)C1CCCN1c1cc(C(F)(F)F)nc(NC)n1. The van der Waals surface area contributed by atoms with Crippen LogP contribution >= 0.6 is 0 Å². The average Bonchev–Trinajstić information content (AvgIpc) is 2.94. The minimum Gasteiger partial charge on any atom is -0.357 e. The third kappa shape index (κ3) is 3.17. The summed E-state index contributed by atoms with van der Waals surface area (Å²) in [6, 6.07) is 0.373. The Morgan fingerprint density at radius 3 is 2.67 bits per heavy atom. The van der Waals surface area contributed by atoms with Gasteiger partial charge in [-0.05, 0) is 12.8 Å². The molecular formula is C12H16F3N5O. The van der Waals surface area contributed by atoms with Gasteiger partial charge in [-0.2, -0.15) is 18.2 Å². The summed E-state index contributed by atoms with van der Waals surface area (Å²) in [6.07, 6.45) is -3.26. The monoisotopic (exact) mass is 303 g/mol. The fourth-order valence-corrected chi connectivity index (χ4v) is 2.32. The molecule has 1 aliphatic rings. The van der Waals surface area contributed by atoms with Crippen molar-refractivity contribution < 1.29 is 18.0 Å². The number of likely N-dealkylation sites (N-methyl/N-ethyl adjacent to an activating group) is 1. The van der Waals surface area contributed by atoms with Crippen LogP contribution in [0.2, 0.25) is 0 Å². The Balaban J connectivity index is 2.40. The van der Waals surface area contributed by atoms with Crippen molar-refractivity contribution in [2.45, 2.75) is 25.1 Å². The molecule has 1 saturated heterocycles. The summed E-state index contributed by atoms with van der Waals surface area (Å²) in [6.45, 7) is 0.482. The maximum atomic E-state index is 12.9. The molecule has 0 saturated carbocycles. The zero-order valence-corrected chi connectivity index (χ0v) is 11.7. The second-order valence-electron chi connectivity index (χ2n) is 4.65. The first-order chi connectivity index (χ1) is 9.86. The Morgan fingerprint density at radius 1 is 1.38 bits per heavy atom. The molecule has 2 heterocycles. The van der Waals surface area contributed by atoms with Crippen LogP contribution in [-0.4, -0.2) is 42.6 Å². The largest absolute Gasteiger partial charge is 0.433 e. The lowest BCUT2D eigenvalue weighted by Gasteiger charge is -2.25. The van der Waals surface area contributed by atoms with E-state index in [1.807, 2.05) is 0 Å². The predicted octanol–water partition coefficient (Wildman–Crippen LogP) is 1.25. The Bertz CT molecular complexity index is 534. The molecule has 0 aromatic carbocycles. The quantitative estimate of drug-likeness (QED) is 0.879. The maximum absolute atomic E-state index is 12.9. The molecule has 1 aliphatic heterocycles. The number of aromatic nitrogens is 2. The molecule has 6 nitrogen and oxygen atoms in total. The van der Waals surface area contributed by atoms with E-state index in [1.165, 1.54) is 14.1 Å². The van der Waals surface area contributed by atoms with E-state index in [0.717, 1.165) is 12.5 Å². The second-order valence-corrected chi connectivity index (χ2v) is 4.65. The lowest BCUT2D eigenvalue weighted by molar-refractivity contribution is -0.141. The fraction of sp³-hybridized carbons (Fsp3) is 0.583. The van der Waals surface area contributed by atoms with E-state index in [9.17, 15) is 18.0 Å². The maximum Gasteiger partial charge on any atom is 0.433 e. The summed E-state index contributed by atoms with van der Waals surface area (Å²) >= 11 is 0. The molecule has 1 aromatic rings. The van der Waals surface area contributed by atoms with Crippen LogP contribution in [0, 0.1) is 0 Å². The first-order valence-corrected chi connectivity index (χ1v) is 6.49. The third-order valence-electron chi connectivity index (χ3n) is 3.32. The van der Waals surface area contributed by atoms with Gasteiger partial charge in [0.25, 0.3) is 0 Å². The lowest BCUT2D eigenvalue weighted by Crippen LogP contribution is -2.42. The van der Waals surface area contributed by atoms with Crippen molar-refractivity contribution in [3.63, 3.8) is 0 Å². The molecule has 1 amide bonds. The van der Waals surface area contributed by atoms with Crippen LogP contribution in [0.25, 0.3) is 0 Å². The summed E-state index contributed by atoms with van der Waals surface area (Å²) < 4.78 is 38.6. The van der Waals surface area contributed by atoms with Crippen molar-refractivity contribution in [3.8, 4) is 0 Å². The van der Waals surface area contributed by atoms with Crippen molar-refractivity contribution in [2.75, 3.05) is 30.9 Å². The summed E-state index contributed by atoms with van der Waals surface area (Å²) in [4.78, 5) is 20.8. The zero-order valence-electron chi connectivity index (χ0n) is 11.7. The number of carbonyl (C=O) groups excluding carboxylic acids is 1. The molecule has 116 valence electrons. The van der Waals surface area contributed by atoms with Gasteiger partial charge in [-0.15, -0.1) is 0 Å². The van der Waals surface area contributed by atoms with Gasteiger partial charge in [0.15, 0.2) is 5.69 Å². The van der Waals surface area contributed by atoms with E-state index in [1.54, 1.807) is 4.90 Å². The fourth-order valence-electron chi connectivity index (χ4n) is 2.32. The molecule has 9 heteroatoms. The zero-order chi connectivity index (χ0) is 15.6. The normalized spacial score (nSPS) is 18.7. The van der Waals surface area contributed by atoms with E-state index in [0.29, 0.717) is 13.0 Å². The molecular weight excluding hydrogens is 287 g/mol. The smallest absolute Gasteiger partial charge is 0.357 e. The van der Waals surface area contributed by atoms with Gasteiger partial charge in [0, 0.05) is 26.7 Å². The highest BCUT2D eigenvalue weighted by atomic mass is 19.4. The number of nitrogens with one attached hydrogen (secondary N) is 2. The number of nitrogens with zero attached hydrogens (tertiary/aromatic N) is 3. The molecule has 0 aliphatic carbocycles. The minimum absolute atomic E-state index is 0.104. The number of hydrogen-bond acceptors (Lipinski definition) is 5. The van der Waals surface area contributed by atoms with Crippen LogP contribution in [0.5, 0.6) is 0 Å². The van der Waals surface area contributed by atoms with Gasteiger partial charge in [0.1, 0.15) is 11.9 Å². The molecule has 1 aromatic heterocycles. The molecule has 1 unspecified atom stereocenters. The summed E-state index contributed by atoms with van der Waals surface area (Å²) in [5.41, 5.74) is -1.03. The number of anilines is 2. The number of carbonyl (C=O) groups is 1. The van der Waals surface area contributed by atoms with Crippen molar-refractivity contribution in [1.29, 1.82) is 0 Å². The summed E-state index contributed by atoms with van der Waals surface area (Å²) in [5, 5.41) is 5.03. The van der Waals surface area contributed by atoms with Crippen LogP contribution in [-0.2, 0) is 11.0 Å². The van der Waals surface area contributed by atoms with Crippen molar-refractivity contribution in [2.24, 2.45) is 0 Å². The van der Waals surface area contributed by atoms with Gasteiger partial charge in [-0.3, -0.25) is 4.79 Å². The first kappa shape index (κ1) is 15.3. The van der Waals surface area contributed by atoms with Gasteiger partial charge >= 0.3 is 6.18 Å². The molecule has 21 heavy (non-hydrogen) atoms. The Kier molecular flexibility index (Phi) is 4.19. The third-order valence-corrected chi connectivity index (χ3v) is 3.32. The molecule has 0 radical (unpaired) electrons. The summed E-state index contributed by atoms with van der Waals surface area (Å²) in [5.74, 6) is -0.249. The van der Waals surface area contributed by atoms with E-state index in [-0.39, 0.29) is 17.7 Å². The highest BCUT2D eigenvalue weighted by Gasteiger charge is 2.36. The molecule has 1 fully saturated rings. The molecule has 2 rings (SSSR count). The number of halogens is 3. The second kappa shape index (κ2) is 5.74. The Hall–Kier alpha value is -2.06. The minimum atomic E-state index is -4.56. The van der Waals surface area contributed by atoms with Crippen molar-refractivity contribution in [1.82, 2.24) is 15.3 Å². The van der Waals surface area contributed by atoms with Crippen LogP contribution in [0.15, 0.2) is 6.07 Å². The van der Waals surface area contributed by atoms with Crippen molar-refractivity contribution >= 4 is 17.7 Å². The van der Waals surface area contributed by atoms with E-state index in [2.05, 4.69) is 20.6 Å². The van der Waals surface area contributed by atoms with Crippen molar-refractivity contribution in [3.05, 3.63) is 11.8 Å². The lowest BCUT2D eigenvalue weighted by atomic mass is 10.2. The highest BCUT2D eigenvalue weighted by molar-refractivity contribution is 5.85. The predicted molar refractivity (Wildman–Crippen MR) is 71.0 cm³/mol. The van der Waals surface area contributed by atoms with Crippen LogP contribution in [0.1, 0.15) is 18.5 Å². The van der Waals surface area contributed by atoms with Gasteiger partial charge in [-0.1, -0.05) is 0 Å².